The number of esters is 1. The second-order valence-electron chi connectivity index (χ2n) is 4.33. The van der Waals surface area contributed by atoms with E-state index in [1.54, 1.807) is 26.0 Å². The fourth-order valence-electron chi connectivity index (χ4n) is 0.823. The van der Waals surface area contributed by atoms with E-state index in [1.165, 1.54) is 6.26 Å². The molecular formula is C13H20O3. The third kappa shape index (κ3) is 3.93. The SMILES string of the molecule is C=C/C=C/OC(C)(C)C(C)(C)OC(=O)C=C. The van der Waals surface area contributed by atoms with Gasteiger partial charge in [0.05, 0.1) is 6.26 Å². The average Bonchev–Trinajstić information content (AvgIpc) is 2.17. The molecule has 3 heteroatoms. The first-order chi connectivity index (χ1) is 7.27. The minimum absolute atomic E-state index is 0.464. The maximum atomic E-state index is 11.2. The highest BCUT2D eigenvalue weighted by molar-refractivity contribution is 5.81. The second-order valence-corrected chi connectivity index (χ2v) is 4.33. The molecule has 0 bridgehead atoms. The molecule has 0 unspecified atom stereocenters. The Bertz CT molecular complexity index is 298. The van der Waals surface area contributed by atoms with Gasteiger partial charge in [0.15, 0.2) is 0 Å². The molecule has 0 amide bonds. The summed E-state index contributed by atoms with van der Waals surface area (Å²) in [6.07, 6.45) is 5.94. The molecule has 0 aromatic heterocycles. The van der Waals surface area contributed by atoms with E-state index in [2.05, 4.69) is 13.2 Å². The van der Waals surface area contributed by atoms with Gasteiger partial charge < -0.3 is 9.47 Å². The smallest absolute Gasteiger partial charge is 0.330 e. The Labute approximate surface area is 97.4 Å². The van der Waals surface area contributed by atoms with Crippen molar-refractivity contribution in [2.45, 2.75) is 38.9 Å². The van der Waals surface area contributed by atoms with Crippen LogP contribution in [0.1, 0.15) is 27.7 Å². The molecule has 0 saturated heterocycles. The van der Waals surface area contributed by atoms with E-state index in [0.29, 0.717) is 0 Å². The summed E-state index contributed by atoms with van der Waals surface area (Å²) in [6, 6.07) is 0. The lowest BCUT2D eigenvalue weighted by Gasteiger charge is -2.39. The first kappa shape index (κ1) is 14.5. The van der Waals surface area contributed by atoms with Crippen LogP contribution in [0.25, 0.3) is 0 Å². The van der Waals surface area contributed by atoms with Gasteiger partial charge in [-0.2, -0.15) is 0 Å². The highest BCUT2D eigenvalue weighted by Crippen LogP contribution is 2.29. The van der Waals surface area contributed by atoms with Crippen molar-refractivity contribution >= 4 is 5.97 Å². The maximum absolute atomic E-state index is 11.2. The fraction of sp³-hybridized carbons (Fsp3) is 0.462. The van der Waals surface area contributed by atoms with Gasteiger partial charge in [-0.1, -0.05) is 19.2 Å². The van der Waals surface area contributed by atoms with Crippen molar-refractivity contribution in [3.8, 4) is 0 Å². The number of ether oxygens (including phenoxy) is 2. The van der Waals surface area contributed by atoms with Crippen molar-refractivity contribution < 1.29 is 14.3 Å². The Kier molecular flexibility index (Phi) is 5.02. The number of carbonyl (C=O) groups is 1. The molecule has 0 atom stereocenters. The van der Waals surface area contributed by atoms with E-state index in [0.717, 1.165) is 6.08 Å². The number of allylic oxidation sites excluding steroid dienone is 2. The third-order valence-corrected chi connectivity index (χ3v) is 2.55. The molecule has 0 radical (unpaired) electrons. The second kappa shape index (κ2) is 5.54. The molecular weight excluding hydrogens is 204 g/mol. The van der Waals surface area contributed by atoms with E-state index in [1.807, 2.05) is 13.8 Å². The molecule has 0 heterocycles. The molecule has 3 nitrogen and oxygen atoms in total. The van der Waals surface area contributed by atoms with Crippen LogP contribution in [-0.4, -0.2) is 17.2 Å². The average molecular weight is 224 g/mol. The molecule has 0 aliphatic rings. The molecule has 0 aliphatic heterocycles. The van der Waals surface area contributed by atoms with Gasteiger partial charge in [-0.25, -0.2) is 4.79 Å². The summed E-state index contributed by atoms with van der Waals surface area (Å²) >= 11 is 0. The first-order valence-corrected chi connectivity index (χ1v) is 5.07. The number of carbonyl (C=O) groups excluding carboxylic acids is 1. The van der Waals surface area contributed by atoms with Gasteiger partial charge in [-0.05, 0) is 33.8 Å². The summed E-state index contributed by atoms with van der Waals surface area (Å²) in [4.78, 5) is 11.2. The molecule has 0 aromatic carbocycles. The number of rotatable bonds is 6. The van der Waals surface area contributed by atoms with Crippen molar-refractivity contribution in [3.63, 3.8) is 0 Å². The standard InChI is InChI=1S/C13H20O3/c1-7-9-10-15-12(3,4)13(5,6)16-11(14)8-2/h7-10H,1-2H2,3-6H3/b10-9+. The van der Waals surface area contributed by atoms with Gasteiger partial charge in [0.25, 0.3) is 0 Å². The molecule has 0 spiro atoms. The van der Waals surface area contributed by atoms with Crippen LogP contribution in [0.2, 0.25) is 0 Å². The van der Waals surface area contributed by atoms with Crippen LogP contribution in [0.15, 0.2) is 37.6 Å². The Morgan fingerprint density at radius 2 is 1.69 bits per heavy atom. The largest absolute Gasteiger partial charge is 0.491 e. The lowest BCUT2D eigenvalue weighted by Crippen LogP contribution is -2.49. The lowest BCUT2D eigenvalue weighted by atomic mass is 9.89. The fourth-order valence-corrected chi connectivity index (χ4v) is 0.823. The Hall–Kier alpha value is -1.51. The molecule has 0 aromatic rings. The van der Waals surface area contributed by atoms with E-state index in [4.69, 9.17) is 9.47 Å². The maximum Gasteiger partial charge on any atom is 0.330 e. The highest BCUT2D eigenvalue weighted by Gasteiger charge is 2.41. The van der Waals surface area contributed by atoms with Gasteiger partial charge in [0.2, 0.25) is 0 Å². The van der Waals surface area contributed by atoms with Gasteiger partial charge in [-0.15, -0.1) is 0 Å². The minimum atomic E-state index is -0.760. The number of hydrogen-bond donors (Lipinski definition) is 0. The van der Waals surface area contributed by atoms with Crippen LogP contribution in [0.5, 0.6) is 0 Å². The zero-order valence-corrected chi connectivity index (χ0v) is 10.4. The van der Waals surface area contributed by atoms with Gasteiger partial charge in [0, 0.05) is 6.08 Å². The Morgan fingerprint density at radius 3 is 2.12 bits per heavy atom. The normalized spacial score (nSPS) is 12.2. The minimum Gasteiger partial charge on any atom is -0.491 e. The van der Waals surface area contributed by atoms with Crippen LogP contribution >= 0.6 is 0 Å². The number of hydrogen-bond acceptors (Lipinski definition) is 3. The Morgan fingerprint density at radius 1 is 1.12 bits per heavy atom. The van der Waals surface area contributed by atoms with Crippen molar-refractivity contribution in [3.05, 3.63) is 37.6 Å². The van der Waals surface area contributed by atoms with Crippen LogP contribution in [0.3, 0.4) is 0 Å². The molecule has 0 aliphatic carbocycles. The summed E-state index contributed by atoms with van der Waals surface area (Å²) in [5.74, 6) is -0.464. The Balaban J connectivity index is 4.68. The monoisotopic (exact) mass is 224 g/mol. The lowest BCUT2D eigenvalue weighted by molar-refractivity contribution is -0.176. The molecule has 0 saturated carbocycles. The van der Waals surface area contributed by atoms with E-state index in [9.17, 15) is 4.79 Å². The summed E-state index contributed by atoms with van der Waals surface area (Å²) in [5, 5.41) is 0. The van der Waals surface area contributed by atoms with E-state index < -0.39 is 17.2 Å². The molecule has 0 N–H and O–H groups in total. The predicted molar refractivity (Wildman–Crippen MR) is 64.9 cm³/mol. The summed E-state index contributed by atoms with van der Waals surface area (Å²) in [5.41, 5.74) is -1.41. The third-order valence-electron chi connectivity index (χ3n) is 2.55. The van der Waals surface area contributed by atoms with Gasteiger partial charge in [-0.3, -0.25) is 0 Å². The van der Waals surface area contributed by atoms with Gasteiger partial charge in [0.1, 0.15) is 11.2 Å². The zero-order valence-electron chi connectivity index (χ0n) is 10.4. The summed E-state index contributed by atoms with van der Waals surface area (Å²) < 4.78 is 10.8. The van der Waals surface area contributed by atoms with Crippen molar-refractivity contribution in [2.75, 3.05) is 0 Å². The van der Waals surface area contributed by atoms with Gasteiger partial charge >= 0.3 is 5.97 Å². The van der Waals surface area contributed by atoms with E-state index >= 15 is 0 Å². The molecule has 0 rings (SSSR count). The van der Waals surface area contributed by atoms with Crippen LogP contribution in [0.4, 0.5) is 0 Å². The summed E-state index contributed by atoms with van der Waals surface area (Å²) in [7, 11) is 0. The molecule has 16 heavy (non-hydrogen) atoms. The first-order valence-electron chi connectivity index (χ1n) is 5.07. The molecule has 90 valence electrons. The van der Waals surface area contributed by atoms with Crippen molar-refractivity contribution in [1.82, 2.24) is 0 Å². The summed E-state index contributed by atoms with van der Waals surface area (Å²) in [6.45, 7) is 14.2. The van der Waals surface area contributed by atoms with Crippen molar-refractivity contribution in [2.24, 2.45) is 0 Å². The van der Waals surface area contributed by atoms with Crippen LogP contribution in [0, 0.1) is 0 Å². The van der Waals surface area contributed by atoms with E-state index in [-0.39, 0.29) is 0 Å². The zero-order chi connectivity index (χ0) is 12.8. The van der Waals surface area contributed by atoms with Crippen molar-refractivity contribution in [1.29, 1.82) is 0 Å². The molecule has 0 fully saturated rings. The topological polar surface area (TPSA) is 35.5 Å². The quantitative estimate of drug-likeness (QED) is 0.301. The van der Waals surface area contributed by atoms with Crippen LogP contribution in [-0.2, 0) is 14.3 Å². The predicted octanol–water partition coefficient (Wildman–Crippen LogP) is 2.99. The highest BCUT2D eigenvalue weighted by atomic mass is 16.6. The van der Waals surface area contributed by atoms with Crippen LogP contribution < -0.4 is 0 Å².